The minimum absolute atomic E-state index is 0. The second-order valence-electron chi connectivity index (χ2n) is 6.18. The molecule has 25 heavy (non-hydrogen) atoms. The van der Waals surface area contributed by atoms with Crippen LogP contribution in [-0.4, -0.2) is 44.9 Å². The molecule has 3 rings (SSSR count). The second-order valence-corrected chi connectivity index (χ2v) is 6.58. The highest BCUT2D eigenvalue weighted by molar-refractivity contribution is 6.30. The molecule has 0 saturated carbocycles. The maximum atomic E-state index is 13.3. The number of carbonyl (C=O) groups is 1. The lowest BCUT2D eigenvalue weighted by Crippen LogP contribution is -2.35. The number of carbonyl (C=O) groups excluding carboxylic acids is 1. The number of benzene rings is 1. The molecule has 0 aliphatic carbocycles. The molecule has 1 aromatic carbocycles. The van der Waals surface area contributed by atoms with Gasteiger partial charge in [-0.3, -0.25) is 4.79 Å². The zero-order chi connectivity index (χ0) is 17.4. The number of halogens is 3. The van der Waals surface area contributed by atoms with E-state index in [1.165, 1.54) is 16.8 Å². The monoisotopic (exact) mass is 387 g/mol. The molecule has 1 aromatic heterocycles. The van der Waals surface area contributed by atoms with E-state index in [0.29, 0.717) is 36.1 Å². The van der Waals surface area contributed by atoms with Crippen LogP contribution in [0.15, 0.2) is 18.2 Å². The minimum Gasteiger partial charge on any atom is -0.334 e. The van der Waals surface area contributed by atoms with Gasteiger partial charge in [-0.25, -0.2) is 9.07 Å². The summed E-state index contributed by atoms with van der Waals surface area (Å²) in [5, 5.41) is 8.05. The number of nitrogens with two attached hydrogens (primary N) is 1. The van der Waals surface area contributed by atoms with Crippen LogP contribution in [0.1, 0.15) is 29.5 Å². The largest absolute Gasteiger partial charge is 0.334 e. The summed E-state index contributed by atoms with van der Waals surface area (Å²) in [5.41, 5.74) is 7.16. The molecule has 0 spiro atoms. The summed E-state index contributed by atoms with van der Waals surface area (Å²) < 4.78 is 14.8. The maximum absolute atomic E-state index is 13.3. The lowest BCUT2D eigenvalue weighted by molar-refractivity contribution is 0.0736. The van der Waals surface area contributed by atoms with Gasteiger partial charge in [0.15, 0.2) is 5.69 Å². The molecule has 0 radical (unpaired) electrons. The van der Waals surface area contributed by atoms with E-state index in [9.17, 15) is 9.18 Å². The molecule has 136 valence electrons. The van der Waals surface area contributed by atoms with Crippen LogP contribution in [0.2, 0.25) is 5.02 Å². The van der Waals surface area contributed by atoms with Gasteiger partial charge in [-0.15, -0.1) is 17.5 Å². The highest BCUT2D eigenvalue weighted by atomic mass is 35.5. The molecule has 9 heteroatoms. The lowest BCUT2D eigenvalue weighted by atomic mass is 10.1. The van der Waals surface area contributed by atoms with E-state index in [1.54, 1.807) is 17.9 Å². The van der Waals surface area contributed by atoms with Crippen molar-refractivity contribution in [3.8, 4) is 5.69 Å². The van der Waals surface area contributed by atoms with E-state index < -0.39 is 5.82 Å². The van der Waals surface area contributed by atoms with Crippen molar-refractivity contribution in [3.63, 3.8) is 0 Å². The summed E-state index contributed by atoms with van der Waals surface area (Å²) in [7, 11) is 0. The first-order valence-electron chi connectivity index (χ1n) is 7.81. The number of aromatic nitrogens is 3. The number of hydrogen-bond donors (Lipinski definition) is 1. The summed E-state index contributed by atoms with van der Waals surface area (Å²) in [6, 6.07) is 4.38. The van der Waals surface area contributed by atoms with Gasteiger partial charge in [0.05, 0.1) is 16.4 Å². The van der Waals surface area contributed by atoms with Gasteiger partial charge >= 0.3 is 0 Å². The van der Waals surface area contributed by atoms with Gasteiger partial charge in [0.25, 0.3) is 5.91 Å². The fourth-order valence-corrected chi connectivity index (χ4v) is 3.30. The molecule has 6 nitrogen and oxygen atoms in total. The quantitative estimate of drug-likeness (QED) is 0.877. The third kappa shape index (κ3) is 3.63. The molecule has 2 atom stereocenters. The smallest absolute Gasteiger partial charge is 0.276 e. The number of hydrogen-bond acceptors (Lipinski definition) is 4. The van der Waals surface area contributed by atoms with Gasteiger partial charge in [0.2, 0.25) is 0 Å². The highest BCUT2D eigenvalue weighted by Gasteiger charge is 2.34. The molecule has 2 aromatic rings. The highest BCUT2D eigenvalue weighted by Crippen LogP contribution is 2.25. The molecule has 2 heterocycles. The predicted molar refractivity (Wildman–Crippen MR) is 96.0 cm³/mol. The summed E-state index contributed by atoms with van der Waals surface area (Å²) >= 11 is 5.82. The first-order chi connectivity index (χ1) is 11.4. The van der Waals surface area contributed by atoms with E-state index in [0.717, 1.165) is 6.42 Å². The van der Waals surface area contributed by atoms with E-state index in [1.807, 2.05) is 6.92 Å². The number of rotatable bonds is 3. The lowest BCUT2D eigenvalue weighted by Gasteiger charge is -2.20. The van der Waals surface area contributed by atoms with Crippen LogP contribution < -0.4 is 5.73 Å². The predicted octanol–water partition coefficient (Wildman–Crippen LogP) is 2.60. The Bertz CT molecular complexity index is 782. The summed E-state index contributed by atoms with van der Waals surface area (Å²) in [4.78, 5) is 14.6. The molecule has 1 fully saturated rings. The Morgan fingerprint density at radius 2 is 2.20 bits per heavy atom. The van der Waals surface area contributed by atoms with Gasteiger partial charge in [-0.1, -0.05) is 16.8 Å². The van der Waals surface area contributed by atoms with Crippen LogP contribution in [0.5, 0.6) is 0 Å². The Kier molecular flexibility index (Phi) is 6.03. The first-order valence-corrected chi connectivity index (χ1v) is 8.19. The van der Waals surface area contributed by atoms with Crippen LogP contribution in [0, 0.1) is 18.7 Å². The van der Waals surface area contributed by atoms with Crippen molar-refractivity contribution in [1.29, 1.82) is 0 Å². The zero-order valence-electron chi connectivity index (χ0n) is 13.9. The Labute approximate surface area is 156 Å². The normalized spacial score (nSPS) is 19.8. The minimum atomic E-state index is -0.506. The fourth-order valence-electron chi connectivity index (χ4n) is 3.12. The average molecular weight is 388 g/mol. The molecule has 2 unspecified atom stereocenters. The Morgan fingerprint density at radius 1 is 1.48 bits per heavy atom. The molecule has 1 aliphatic rings. The average Bonchev–Trinajstić information content (AvgIpc) is 3.12. The first kappa shape index (κ1) is 19.6. The summed E-state index contributed by atoms with van der Waals surface area (Å²) in [6.45, 7) is 4.96. The Morgan fingerprint density at radius 3 is 2.80 bits per heavy atom. The van der Waals surface area contributed by atoms with Crippen molar-refractivity contribution < 1.29 is 9.18 Å². The van der Waals surface area contributed by atoms with Crippen LogP contribution >= 0.6 is 24.0 Å². The van der Waals surface area contributed by atoms with Gasteiger partial charge < -0.3 is 10.6 Å². The maximum Gasteiger partial charge on any atom is 0.276 e. The second kappa shape index (κ2) is 7.68. The standard InChI is InChI=1S/C16H19ClFN5O.ClH/c1-9-5-11(7-19)8-22(9)16(24)15-10(2)23(21-20-15)12-3-4-14(18)13(17)6-12;/h3-4,6,9,11H,5,7-8,19H2,1-2H3;1H. The van der Waals surface area contributed by atoms with Crippen molar-refractivity contribution in [2.45, 2.75) is 26.3 Å². The van der Waals surface area contributed by atoms with Gasteiger partial charge in [0, 0.05) is 12.6 Å². The molecular formula is C16H20Cl2FN5O. The summed E-state index contributed by atoms with van der Waals surface area (Å²) in [6.07, 6.45) is 0.892. The van der Waals surface area contributed by atoms with Crippen LogP contribution in [0.3, 0.4) is 0 Å². The number of likely N-dealkylation sites (tertiary alicyclic amines) is 1. The van der Waals surface area contributed by atoms with Crippen LogP contribution in [0.25, 0.3) is 5.69 Å². The molecule has 1 saturated heterocycles. The van der Waals surface area contributed by atoms with E-state index in [4.69, 9.17) is 17.3 Å². The van der Waals surface area contributed by atoms with Crippen molar-refractivity contribution >= 4 is 29.9 Å². The summed E-state index contributed by atoms with van der Waals surface area (Å²) in [5.74, 6) is -0.348. The number of nitrogens with zero attached hydrogens (tertiary/aromatic N) is 4. The van der Waals surface area contributed by atoms with Crippen molar-refractivity contribution in [2.75, 3.05) is 13.1 Å². The molecule has 1 aliphatic heterocycles. The van der Waals surface area contributed by atoms with Crippen LogP contribution in [0.4, 0.5) is 4.39 Å². The topological polar surface area (TPSA) is 77.0 Å². The Hall–Kier alpha value is -1.70. The van der Waals surface area contributed by atoms with E-state index in [-0.39, 0.29) is 29.4 Å². The third-order valence-electron chi connectivity index (χ3n) is 4.50. The van der Waals surface area contributed by atoms with Crippen molar-refractivity contribution in [3.05, 3.63) is 40.4 Å². The van der Waals surface area contributed by atoms with E-state index >= 15 is 0 Å². The third-order valence-corrected chi connectivity index (χ3v) is 4.79. The Balaban J connectivity index is 0.00000225. The zero-order valence-corrected chi connectivity index (χ0v) is 15.5. The SMILES string of the molecule is Cc1c(C(=O)N2CC(CN)CC2C)nnn1-c1ccc(F)c(Cl)c1.Cl. The molecule has 1 amide bonds. The van der Waals surface area contributed by atoms with Crippen molar-refractivity contribution in [2.24, 2.45) is 11.7 Å². The molecule has 0 bridgehead atoms. The van der Waals surface area contributed by atoms with Crippen LogP contribution in [-0.2, 0) is 0 Å². The number of amides is 1. The molecule has 2 N–H and O–H groups in total. The van der Waals surface area contributed by atoms with Gasteiger partial charge in [-0.2, -0.15) is 0 Å². The molecular weight excluding hydrogens is 368 g/mol. The van der Waals surface area contributed by atoms with Gasteiger partial charge in [0.1, 0.15) is 5.82 Å². The van der Waals surface area contributed by atoms with Gasteiger partial charge in [-0.05, 0) is 50.9 Å². The van der Waals surface area contributed by atoms with E-state index in [2.05, 4.69) is 10.3 Å². The van der Waals surface area contributed by atoms with Crippen molar-refractivity contribution in [1.82, 2.24) is 19.9 Å². The fraction of sp³-hybridized carbons (Fsp3) is 0.438.